The average Bonchev–Trinajstić information content (AvgIpc) is 2.67. The van der Waals surface area contributed by atoms with Crippen LogP contribution in [0.15, 0.2) is 47.5 Å². The first-order chi connectivity index (χ1) is 12.9. The number of benzene rings is 1. The van der Waals surface area contributed by atoms with Gasteiger partial charge in [-0.3, -0.25) is 0 Å². The van der Waals surface area contributed by atoms with E-state index in [1.807, 2.05) is 7.05 Å². The summed E-state index contributed by atoms with van der Waals surface area (Å²) in [5, 5.41) is 13.8. The molecule has 0 radical (unpaired) electrons. The van der Waals surface area contributed by atoms with E-state index in [1.54, 1.807) is 30.3 Å². The molecule has 2 N–H and O–H groups in total. The number of sulfonamides is 1. The number of hydrogen-bond acceptors (Lipinski definition) is 6. The molecule has 3 rings (SSSR count). The van der Waals surface area contributed by atoms with Gasteiger partial charge >= 0.3 is 0 Å². The van der Waals surface area contributed by atoms with Crippen LogP contribution >= 0.6 is 11.6 Å². The molecule has 1 aliphatic rings. The minimum atomic E-state index is -3.53. The van der Waals surface area contributed by atoms with E-state index in [1.165, 1.54) is 16.6 Å². The van der Waals surface area contributed by atoms with Gasteiger partial charge in [0.05, 0.1) is 6.10 Å². The summed E-state index contributed by atoms with van der Waals surface area (Å²) in [6, 6.07) is 10.2. The Morgan fingerprint density at radius 1 is 1.19 bits per heavy atom. The first-order valence-electron chi connectivity index (χ1n) is 8.69. The lowest BCUT2D eigenvalue weighted by Gasteiger charge is -2.31. The number of nitrogens with zero attached hydrogens (tertiary/aromatic N) is 3. The molecule has 9 heteroatoms. The second-order valence-corrected chi connectivity index (χ2v) is 8.85. The molecule has 0 bridgehead atoms. The molecule has 0 saturated carbocycles. The van der Waals surface area contributed by atoms with Crippen molar-refractivity contribution in [2.24, 2.45) is 0 Å². The normalized spacial score (nSPS) is 17.6. The maximum atomic E-state index is 12.7. The van der Waals surface area contributed by atoms with Gasteiger partial charge in [0.2, 0.25) is 10.0 Å². The molecule has 1 saturated heterocycles. The molecule has 2 heterocycles. The van der Waals surface area contributed by atoms with Gasteiger partial charge in [0.25, 0.3) is 0 Å². The zero-order valence-electron chi connectivity index (χ0n) is 15.0. The Balaban J connectivity index is 1.62. The lowest BCUT2D eigenvalue weighted by molar-refractivity contribution is 0.191. The largest absolute Gasteiger partial charge is 0.387 e. The highest BCUT2D eigenvalue weighted by Crippen LogP contribution is 2.23. The Morgan fingerprint density at radius 2 is 1.89 bits per heavy atom. The molecule has 7 nitrogen and oxygen atoms in total. The van der Waals surface area contributed by atoms with Crippen LogP contribution in [0.2, 0.25) is 5.02 Å². The number of nitrogens with one attached hydrogen (secondary N) is 1. The van der Waals surface area contributed by atoms with Crippen molar-refractivity contribution in [3.63, 3.8) is 0 Å². The summed E-state index contributed by atoms with van der Waals surface area (Å²) in [6.45, 7) is 2.59. The van der Waals surface area contributed by atoms with Crippen molar-refractivity contribution in [1.82, 2.24) is 14.2 Å². The summed E-state index contributed by atoms with van der Waals surface area (Å²) >= 11 is 6.08. The molecule has 0 amide bonds. The number of piperazine rings is 1. The van der Waals surface area contributed by atoms with E-state index in [0.717, 1.165) is 0 Å². The minimum absolute atomic E-state index is 0.171. The van der Waals surface area contributed by atoms with Crippen LogP contribution in [0, 0.1) is 0 Å². The quantitative estimate of drug-likeness (QED) is 0.755. The smallest absolute Gasteiger partial charge is 0.244 e. The predicted octanol–water partition coefficient (Wildman–Crippen LogP) is 1.82. The van der Waals surface area contributed by atoms with Crippen molar-refractivity contribution in [1.29, 1.82) is 0 Å². The van der Waals surface area contributed by atoms with Crippen LogP contribution < -0.4 is 5.32 Å². The highest BCUT2D eigenvalue weighted by Gasteiger charge is 2.27. The summed E-state index contributed by atoms with van der Waals surface area (Å²) in [5.41, 5.74) is 0.626. The van der Waals surface area contributed by atoms with E-state index >= 15 is 0 Å². The summed E-state index contributed by atoms with van der Waals surface area (Å²) in [5.74, 6) is 0.485. The zero-order chi connectivity index (χ0) is 19.4. The van der Waals surface area contributed by atoms with E-state index < -0.39 is 16.1 Å². The Hall–Kier alpha value is -1.71. The molecule has 1 unspecified atom stereocenters. The van der Waals surface area contributed by atoms with Crippen LogP contribution in [0.1, 0.15) is 11.7 Å². The lowest BCUT2D eigenvalue weighted by Crippen LogP contribution is -2.47. The van der Waals surface area contributed by atoms with Crippen LogP contribution in [0.5, 0.6) is 0 Å². The van der Waals surface area contributed by atoms with E-state index in [2.05, 4.69) is 15.2 Å². The van der Waals surface area contributed by atoms with E-state index in [0.29, 0.717) is 42.6 Å². The van der Waals surface area contributed by atoms with Gasteiger partial charge in [-0.05, 0) is 25.2 Å². The number of aliphatic hydroxyl groups is 1. The van der Waals surface area contributed by atoms with Gasteiger partial charge in [0.15, 0.2) is 0 Å². The van der Waals surface area contributed by atoms with Gasteiger partial charge in [-0.15, -0.1) is 0 Å². The third kappa shape index (κ3) is 4.77. The summed E-state index contributed by atoms with van der Waals surface area (Å²) < 4.78 is 26.9. The van der Waals surface area contributed by atoms with Gasteiger partial charge in [0, 0.05) is 49.5 Å². The minimum Gasteiger partial charge on any atom is -0.387 e. The van der Waals surface area contributed by atoms with Crippen LogP contribution in [-0.4, -0.2) is 67.5 Å². The first kappa shape index (κ1) is 20.0. The molecule has 2 aromatic rings. The Bertz CT molecular complexity index is 868. The van der Waals surface area contributed by atoms with Gasteiger partial charge < -0.3 is 15.3 Å². The molecule has 0 spiro atoms. The molecule has 1 aromatic carbocycles. The van der Waals surface area contributed by atoms with Crippen LogP contribution in [0.4, 0.5) is 5.82 Å². The van der Waals surface area contributed by atoms with E-state index in [9.17, 15) is 13.5 Å². The average molecular weight is 411 g/mol. The van der Waals surface area contributed by atoms with Crippen LogP contribution in [0.25, 0.3) is 0 Å². The highest BCUT2D eigenvalue weighted by molar-refractivity contribution is 7.89. The Morgan fingerprint density at radius 3 is 2.52 bits per heavy atom. The van der Waals surface area contributed by atoms with Crippen molar-refractivity contribution in [3.8, 4) is 0 Å². The summed E-state index contributed by atoms with van der Waals surface area (Å²) in [6.07, 6.45) is 0.548. The fourth-order valence-corrected chi connectivity index (χ4v) is 4.50. The summed E-state index contributed by atoms with van der Waals surface area (Å²) in [7, 11) is -1.56. The number of halogens is 1. The second kappa shape index (κ2) is 8.53. The maximum absolute atomic E-state index is 12.7. The third-order valence-electron chi connectivity index (χ3n) is 4.58. The van der Waals surface area contributed by atoms with Crippen molar-refractivity contribution in [3.05, 3.63) is 53.2 Å². The van der Waals surface area contributed by atoms with Gasteiger partial charge in [-0.25, -0.2) is 13.4 Å². The van der Waals surface area contributed by atoms with Crippen molar-refractivity contribution < 1.29 is 13.5 Å². The van der Waals surface area contributed by atoms with E-state index in [4.69, 9.17) is 11.6 Å². The Labute approximate surface area is 164 Å². The fourth-order valence-electron chi connectivity index (χ4n) is 2.87. The molecular weight excluding hydrogens is 388 g/mol. The van der Waals surface area contributed by atoms with Gasteiger partial charge in [-0.2, -0.15) is 4.31 Å². The number of aliphatic hydroxyl groups excluding tert-OH is 1. The molecule has 1 aliphatic heterocycles. The predicted molar refractivity (Wildman–Crippen MR) is 105 cm³/mol. The monoisotopic (exact) mass is 410 g/mol. The lowest BCUT2D eigenvalue weighted by atomic mass is 10.1. The Kier molecular flexibility index (Phi) is 6.33. The molecule has 1 fully saturated rings. The fraction of sp³-hybridized carbons (Fsp3) is 0.389. The SMILES string of the molecule is CN1CCN(S(=O)(=O)c2ccc(NCC(O)c3ccccc3Cl)nc2)CC1. The van der Waals surface area contributed by atoms with Crippen molar-refractivity contribution in [2.75, 3.05) is 45.1 Å². The molecular formula is C18H23ClN4O3S. The number of rotatable bonds is 6. The van der Waals surface area contributed by atoms with Crippen LogP contribution in [0.3, 0.4) is 0 Å². The van der Waals surface area contributed by atoms with Crippen LogP contribution in [-0.2, 0) is 10.0 Å². The third-order valence-corrected chi connectivity index (χ3v) is 6.80. The van der Waals surface area contributed by atoms with Gasteiger partial charge in [-0.1, -0.05) is 29.8 Å². The second-order valence-electron chi connectivity index (χ2n) is 6.50. The molecule has 0 aliphatic carbocycles. The standard InChI is InChI=1S/C18H23ClN4O3S/c1-22-8-10-23(11-9-22)27(25,26)14-6-7-18(20-12-14)21-13-17(24)15-4-2-3-5-16(15)19/h2-7,12,17,24H,8-11,13H2,1H3,(H,20,21). The number of aromatic nitrogens is 1. The molecule has 146 valence electrons. The number of anilines is 1. The molecule has 1 atom stereocenters. The summed E-state index contributed by atoms with van der Waals surface area (Å²) in [4.78, 5) is 6.44. The van der Waals surface area contributed by atoms with E-state index in [-0.39, 0.29) is 11.4 Å². The number of likely N-dealkylation sites (N-methyl/N-ethyl adjacent to an activating group) is 1. The number of pyridine rings is 1. The zero-order valence-corrected chi connectivity index (χ0v) is 16.6. The number of hydrogen-bond donors (Lipinski definition) is 2. The van der Waals surface area contributed by atoms with Gasteiger partial charge in [0.1, 0.15) is 10.7 Å². The first-order valence-corrected chi connectivity index (χ1v) is 10.5. The topological polar surface area (TPSA) is 85.8 Å². The molecule has 1 aromatic heterocycles. The highest BCUT2D eigenvalue weighted by atomic mass is 35.5. The maximum Gasteiger partial charge on any atom is 0.244 e. The van der Waals surface area contributed by atoms with Crippen molar-refractivity contribution >= 4 is 27.4 Å². The van der Waals surface area contributed by atoms with Crippen molar-refractivity contribution in [2.45, 2.75) is 11.0 Å². The molecule has 27 heavy (non-hydrogen) atoms.